The Morgan fingerprint density at radius 3 is 2.56 bits per heavy atom. The van der Waals surface area contributed by atoms with E-state index in [2.05, 4.69) is 68.2 Å². The van der Waals surface area contributed by atoms with E-state index in [0.717, 1.165) is 46.6 Å². The lowest BCUT2D eigenvalue weighted by molar-refractivity contribution is 0.638. The molecule has 0 aromatic heterocycles. The molecular formula is C21H18BrN3. The molecule has 0 saturated heterocycles. The molecule has 124 valence electrons. The summed E-state index contributed by atoms with van der Waals surface area (Å²) in [6, 6.07) is 20.7. The van der Waals surface area contributed by atoms with E-state index in [1.165, 1.54) is 5.56 Å². The molecule has 0 unspecified atom stereocenters. The molecule has 25 heavy (non-hydrogen) atoms. The van der Waals surface area contributed by atoms with Crippen LogP contribution in [-0.2, 0) is 13.0 Å². The number of rotatable bonds is 5. The molecule has 0 spiro atoms. The predicted molar refractivity (Wildman–Crippen MR) is 105 cm³/mol. The van der Waals surface area contributed by atoms with Gasteiger partial charge in [-0.05, 0) is 36.6 Å². The SMILES string of the molecule is Brc1cccc(-c2nc3ccn(CCCc4ccccc4)cc-3n2)c1. The molecular weight excluding hydrogens is 374 g/mol. The van der Waals surface area contributed by atoms with Crippen molar-refractivity contribution < 1.29 is 0 Å². The zero-order valence-corrected chi connectivity index (χ0v) is 15.4. The maximum absolute atomic E-state index is 4.70. The number of aromatic nitrogens is 3. The first-order valence-electron chi connectivity index (χ1n) is 8.41. The van der Waals surface area contributed by atoms with Crippen molar-refractivity contribution in [1.82, 2.24) is 14.5 Å². The zero-order valence-electron chi connectivity index (χ0n) is 13.8. The van der Waals surface area contributed by atoms with Crippen molar-refractivity contribution in [2.24, 2.45) is 0 Å². The van der Waals surface area contributed by atoms with E-state index in [1.807, 2.05) is 30.3 Å². The average molecular weight is 392 g/mol. The number of nitrogens with zero attached hydrogens (tertiary/aromatic N) is 3. The van der Waals surface area contributed by atoms with Crippen molar-refractivity contribution in [2.45, 2.75) is 19.4 Å². The van der Waals surface area contributed by atoms with Gasteiger partial charge >= 0.3 is 0 Å². The standard InChI is InChI=1S/C21H18BrN3/c22-18-10-4-9-17(14-18)21-23-19-11-13-25(15-20(19)24-21)12-5-8-16-6-2-1-3-7-16/h1-4,6-7,9-11,13-15H,5,8,12H2. The summed E-state index contributed by atoms with van der Waals surface area (Å²) >= 11 is 3.50. The van der Waals surface area contributed by atoms with Gasteiger partial charge in [-0.15, -0.1) is 0 Å². The zero-order chi connectivity index (χ0) is 17.1. The Hall–Kier alpha value is -2.46. The van der Waals surface area contributed by atoms with Gasteiger partial charge in [0, 0.05) is 29.0 Å². The number of benzene rings is 2. The van der Waals surface area contributed by atoms with Crippen molar-refractivity contribution >= 4 is 15.9 Å². The van der Waals surface area contributed by atoms with Gasteiger partial charge in [-0.1, -0.05) is 58.4 Å². The van der Waals surface area contributed by atoms with E-state index in [1.54, 1.807) is 0 Å². The Balaban J connectivity index is 1.50. The predicted octanol–water partition coefficient (Wildman–Crippen LogP) is 5.45. The fraction of sp³-hybridized carbons (Fsp3) is 0.143. The second kappa shape index (κ2) is 7.19. The van der Waals surface area contributed by atoms with Crippen LogP contribution in [0.4, 0.5) is 0 Å². The van der Waals surface area contributed by atoms with E-state index >= 15 is 0 Å². The van der Waals surface area contributed by atoms with E-state index in [4.69, 9.17) is 4.98 Å². The van der Waals surface area contributed by atoms with Gasteiger partial charge in [0.2, 0.25) is 0 Å². The van der Waals surface area contributed by atoms with Crippen molar-refractivity contribution in [3.05, 3.63) is 83.1 Å². The number of fused-ring (bicyclic) bond motifs is 1. The summed E-state index contributed by atoms with van der Waals surface area (Å²) in [5.74, 6) is 0.776. The van der Waals surface area contributed by atoms with Gasteiger partial charge in [0.05, 0.1) is 5.69 Å². The molecule has 0 aliphatic carbocycles. The van der Waals surface area contributed by atoms with Crippen LogP contribution < -0.4 is 0 Å². The van der Waals surface area contributed by atoms with Crippen LogP contribution in [0.15, 0.2) is 77.5 Å². The minimum atomic E-state index is 0.776. The summed E-state index contributed by atoms with van der Waals surface area (Å²) in [4.78, 5) is 9.35. The summed E-state index contributed by atoms with van der Waals surface area (Å²) in [6.07, 6.45) is 6.37. The Bertz CT molecular complexity index is 946. The van der Waals surface area contributed by atoms with Crippen LogP contribution in [0.3, 0.4) is 0 Å². The monoisotopic (exact) mass is 391 g/mol. The summed E-state index contributed by atoms with van der Waals surface area (Å²) < 4.78 is 3.24. The average Bonchev–Trinajstić information content (AvgIpc) is 3.06. The normalized spacial score (nSPS) is 11.1. The Morgan fingerprint density at radius 2 is 1.72 bits per heavy atom. The molecule has 4 heteroatoms. The summed E-state index contributed by atoms with van der Waals surface area (Å²) in [5, 5.41) is 0. The summed E-state index contributed by atoms with van der Waals surface area (Å²) in [7, 11) is 0. The highest BCUT2D eigenvalue weighted by molar-refractivity contribution is 9.10. The number of hydrogen-bond donors (Lipinski definition) is 0. The maximum Gasteiger partial charge on any atom is 0.160 e. The molecule has 4 rings (SSSR count). The largest absolute Gasteiger partial charge is 0.352 e. The van der Waals surface area contributed by atoms with Gasteiger partial charge in [-0.2, -0.15) is 0 Å². The lowest BCUT2D eigenvalue weighted by Crippen LogP contribution is -2.00. The number of hydrogen-bond acceptors (Lipinski definition) is 2. The molecule has 0 bridgehead atoms. The molecule has 2 aliphatic heterocycles. The van der Waals surface area contributed by atoms with Gasteiger partial charge in [0.25, 0.3) is 0 Å². The highest BCUT2D eigenvalue weighted by Gasteiger charge is 2.12. The highest BCUT2D eigenvalue weighted by atomic mass is 79.9. The third-order valence-corrected chi connectivity index (χ3v) is 4.73. The van der Waals surface area contributed by atoms with E-state index in [-0.39, 0.29) is 0 Å². The quantitative estimate of drug-likeness (QED) is 0.453. The minimum Gasteiger partial charge on any atom is -0.352 e. The van der Waals surface area contributed by atoms with Crippen molar-refractivity contribution in [3.8, 4) is 22.8 Å². The topological polar surface area (TPSA) is 30.7 Å². The molecule has 2 heterocycles. The van der Waals surface area contributed by atoms with E-state index in [9.17, 15) is 0 Å². The second-order valence-electron chi connectivity index (χ2n) is 6.10. The Labute approximate surface area is 155 Å². The number of pyridine rings is 1. The molecule has 3 nitrogen and oxygen atoms in total. The van der Waals surface area contributed by atoms with Crippen LogP contribution in [0.1, 0.15) is 12.0 Å². The van der Waals surface area contributed by atoms with Gasteiger partial charge in [-0.25, -0.2) is 9.97 Å². The maximum atomic E-state index is 4.70. The molecule has 0 amide bonds. The smallest absolute Gasteiger partial charge is 0.160 e. The third kappa shape index (κ3) is 3.80. The molecule has 0 fully saturated rings. The van der Waals surface area contributed by atoms with Crippen LogP contribution in [0.25, 0.3) is 22.8 Å². The summed E-state index contributed by atoms with van der Waals surface area (Å²) in [5.41, 5.74) is 4.29. The molecule has 0 atom stereocenters. The Kier molecular flexibility index (Phi) is 4.61. The van der Waals surface area contributed by atoms with Crippen LogP contribution in [0.2, 0.25) is 0 Å². The van der Waals surface area contributed by atoms with E-state index in [0.29, 0.717) is 0 Å². The van der Waals surface area contributed by atoms with E-state index < -0.39 is 0 Å². The highest BCUT2D eigenvalue weighted by Crippen LogP contribution is 2.26. The molecule has 0 N–H and O–H groups in total. The van der Waals surface area contributed by atoms with Crippen LogP contribution in [0.5, 0.6) is 0 Å². The first-order valence-corrected chi connectivity index (χ1v) is 9.21. The second-order valence-corrected chi connectivity index (χ2v) is 7.02. The molecule has 0 radical (unpaired) electrons. The molecule has 2 aromatic rings. The molecule has 0 saturated carbocycles. The van der Waals surface area contributed by atoms with Gasteiger partial charge in [-0.3, -0.25) is 0 Å². The number of imidazole rings is 1. The minimum absolute atomic E-state index is 0.776. The third-order valence-electron chi connectivity index (χ3n) is 4.23. The molecule has 2 aliphatic rings. The molecule has 2 aromatic carbocycles. The first-order chi connectivity index (χ1) is 12.3. The van der Waals surface area contributed by atoms with Crippen LogP contribution >= 0.6 is 15.9 Å². The van der Waals surface area contributed by atoms with Crippen molar-refractivity contribution in [2.75, 3.05) is 0 Å². The lowest BCUT2D eigenvalue weighted by Gasteiger charge is -2.07. The van der Waals surface area contributed by atoms with Crippen LogP contribution in [-0.4, -0.2) is 14.5 Å². The van der Waals surface area contributed by atoms with Gasteiger partial charge in [0.1, 0.15) is 5.69 Å². The number of aryl methyl sites for hydroxylation is 2. The van der Waals surface area contributed by atoms with Gasteiger partial charge < -0.3 is 4.57 Å². The first kappa shape index (κ1) is 16.0. The van der Waals surface area contributed by atoms with Crippen LogP contribution in [0, 0.1) is 0 Å². The summed E-state index contributed by atoms with van der Waals surface area (Å²) in [6.45, 7) is 0.976. The van der Waals surface area contributed by atoms with Gasteiger partial charge in [0.15, 0.2) is 5.82 Å². The fourth-order valence-corrected chi connectivity index (χ4v) is 3.36. The van der Waals surface area contributed by atoms with Crippen molar-refractivity contribution in [1.29, 1.82) is 0 Å². The number of halogens is 1. The van der Waals surface area contributed by atoms with Crippen molar-refractivity contribution in [3.63, 3.8) is 0 Å². The Morgan fingerprint density at radius 1 is 0.880 bits per heavy atom. The lowest BCUT2D eigenvalue weighted by atomic mass is 10.1. The fourth-order valence-electron chi connectivity index (χ4n) is 2.96.